The minimum atomic E-state index is -4.91. The van der Waals surface area contributed by atoms with Gasteiger partial charge in [-0.2, -0.15) is 26.3 Å². The van der Waals surface area contributed by atoms with E-state index >= 15 is 13.2 Å². The van der Waals surface area contributed by atoms with Crippen molar-refractivity contribution in [3.63, 3.8) is 0 Å². The molecule has 0 saturated carbocycles. The van der Waals surface area contributed by atoms with Gasteiger partial charge in [0.05, 0.1) is 39.0 Å². The predicted molar refractivity (Wildman–Crippen MR) is 185 cm³/mol. The molecule has 0 N–H and O–H groups in total. The van der Waals surface area contributed by atoms with E-state index < -0.39 is 23.5 Å². The van der Waals surface area contributed by atoms with Gasteiger partial charge in [-0.15, -0.1) is 0 Å². The van der Waals surface area contributed by atoms with Gasteiger partial charge in [-0.1, -0.05) is 71.8 Å². The van der Waals surface area contributed by atoms with Gasteiger partial charge < -0.3 is 9.13 Å². The van der Waals surface area contributed by atoms with Crippen LogP contribution in [0.15, 0.2) is 115 Å². The van der Waals surface area contributed by atoms with Crippen molar-refractivity contribution in [3.05, 3.63) is 143 Å². The molecule has 2 heterocycles. The van der Waals surface area contributed by atoms with Crippen molar-refractivity contribution in [2.24, 2.45) is 0 Å². The molecule has 244 valence electrons. The maximum atomic E-state index is 15.9. The first-order valence-electron chi connectivity index (χ1n) is 15.8. The zero-order chi connectivity index (χ0) is 34.4. The van der Waals surface area contributed by atoms with Crippen LogP contribution < -0.4 is 0 Å². The van der Waals surface area contributed by atoms with Crippen LogP contribution in [-0.4, -0.2) is 9.13 Å². The first-order chi connectivity index (χ1) is 23.3. The van der Waals surface area contributed by atoms with Gasteiger partial charge >= 0.3 is 12.4 Å². The van der Waals surface area contributed by atoms with Gasteiger partial charge in [0.15, 0.2) is 0 Å². The number of aryl methyl sites for hydroxylation is 3. The summed E-state index contributed by atoms with van der Waals surface area (Å²) in [5.74, 6) is 0. The van der Waals surface area contributed by atoms with Crippen molar-refractivity contribution in [2.75, 3.05) is 0 Å². The first kappa shape index (κ1) is 30.8. The number of fused-ring (bicyclic) bond motifs is 6. The fourth-order valence-corrected chi connectivity index (χ4v) is 7.38. The third-order valence-corrected chi connectivity index (χ3v) is 9.39. The van der Waals surface area contributed by atoms with E-state index in [2.05, 4.69) is 0 Å². The lowest BCUT2D eigenvalue weighted by molar-refractivity contribution is -0.138. The molecule has 0 aliphatic carbocycles. The van der Waals surface area contributed by atoms with Crippen LogP contribution in [0, 0.1) is 20.8 Å². The number of aromatic nitrogens is 2. The van der Waals surface area contributed by atoms with Gasteiger partial charge in [0.1, 0.15) is 5.56 Å². The summed E-state index contributed by atoms with van der Waals surface area (Å²) >= 11 is 0. The number of benzene rings is 6. The summed E-state index contributed by atoms with van der Waals surface area (Å²) in [6.45, 7) is 5.37. The number of hydrogen-bond acceptors (Lipinski definition) is 0. The smallest absolute Gasteiger partial charge is 0.309 e. The van der Waals surface area contributed by atoms with Crippen LogP contribution in [0.5, 0.6) is 0 Å². The first-order valence-corrected chi connectivity index (χ1v) is 15.8. The highest BCUT2D eigenvalue weighted by Crippen LogP contribution is 2.48. The highest BCUT2D eigenvalue weighted by molar-refractivity contribution is 6.11. The molecular weight excluding hydrogens is 634 g/mol. The van der Waals surface area contributed by atoms with Gasteiger partial charge in [-0.25, -0.2) is 0 Å². The number of nitrogens with zero attached hydrogens (tertiary/aromatic N) is 2. The van der Waals surface area contributed by atoms with Crippen LogP contribution in [0.2, 0.25) is 0 Å². The lowest BCUT2D eigenvalue weighted by atomic mass is 9.92. The van der Waals surface area contributed by atoms with E-state index in [0.717, 1.165) is 38.7 Å². The molecule has 0 amide bonds. The summed E-state index contributed by atoms with van der Waals surface area (Å²) in [7, 11) is 0. The van der Waals surface area contributed by atoms with E-state index in [1.165, 1.54) is 18.2 Å². The molecule has 8 rings (SSSR count). The second kappa shape index (κ2) is 10.8. The van der Waals surface area contributed by atoms with Gasteiger partial charge in [0, 0.05) is 21.5 Å². The average Bonchev–Trinajstić information content (AvgIpc) is 3.55. The number of rotatable bonds is 3. The highest BCUT2D eigenvalue weighted by atomic mass is 19.4. The molecule has 0 bridgehead atoms. The van der Waals surface area contributed by atoms with Crippen molar-refractivity contribution >= 4 is 43.6 Å². The van der Waals surface area contributed by atoms with Crippen LogP contribution >= 0.6 is 0 Å². The summed E-state index contributed by atoms with van der Waals surface area (Å²) < 4.78 is 94.7. The zero-order valence-corrected chi connectivity index (χ0v) is 26.6. The minimum absolute atomic E-state index is 0.0273. The monoisotopic (exact) mass is 662 g/mol. The summed E-state index contributed by atoms with van der Waals surface area (Å²) in [6.07, 6.45) is -9.66. The standard InChI is InChI=1S/C41H28F6N2/c1-23-15-17-34-29(19-23)27-10-4-6-13-32(27)48(34)36-21-26(38-25(3)9-8-12-31(38)40(42,43)44)22-37(39(36)41(45,46)47)49-33-14-7-5-11-28(33)30-20-24(2)16-18-35(30)49/h4-22H,1-3H3. The SMILES string of the molecule is Cc1ccc2c(c1)c1ccccc1n2-c1cc(-c2c(C)cccc2C(F)(F)F)cc(-n2c3ccccc3c3cc(C)ccc32)c1C(F)(F)F. The summed E-state index contributed by atoms with van der Waals surface area (Å²) in [5.41, 5.74) is 1.66. The molecule has 0 radical (unpaired) electrons. The van der Waals surface area contributed by atoms with Crippen LogP contribution in [0.3, 0.4) is 0 Å². The molecule has 2 nitrogen and oxygen atoms in total. The molecule has 0 aliphatic heterocycles. The molecule has 0 fully saturated rings. The third-order valence-electron chi connectivity index (χ3n) is 9.39. The number of alkyl halides is 6. The molecule has 49 heavy (non-hydrogen) atoms. The molecule has 0 unspecified atom stereocenters. The van der Waals surface area contributed by atoms with E-state index in [4.69, 9.17) is 0 Å². The fourth-order valence-electron chi connectivity index (χ4n) is 7.38. The van der Waals surface area contributed by atoms with Crippen molar-refractivity contribution < 1.29 is 26.3 Å². The Hall–Kier alpha value is -5.50. The molecule has 0 saturated heterocycles. The zero-order valence-electron chi connectivity index (χ0n) is 26.6. The lowest BCUT2D eigenvalue weighted by Crippen LogP contribution is -2.16. The third kappa shape index (κ3) is 4.80. The summed E-state index contributed by atoms with van der Waals surface area (Å²) in [4.78, 5) is 0. The molecule has 8 aromatic rings. The van der Waals surface area contributed by atoms with Crippen LogP contribution in [0.1, 0.15) is 27.8 Å². The molecule has 0 spiro atoms. The maximum absolute atomic E-state index is 15.9. The average molecular weight is 663 g/mol. The normalized spacial score (nSPS) is 12.6. The van der Waals surface area contributed by atoms with Gasteiger partial charge in [0.25, 0.3) is 0 Å². The van der Waals surface area contributed by atoms with E-state index in [1.807, 2.05) is 62.4 Å². The minimum Gasteiger partial charge on any atom is -0.309 e. The molecule has 8 heteroatoms. The van der Waals surface area contributed by atoms with Crippen molar-refractivity contribution in [1.29, 1.82) is 0 Å². The number of halogens is 6. The Morgan fingerprint density at radius 1 is 0.449 bits per heavy atom. The Morgan fingerprint density at radius 3 is 1.39 bits per heavy atom. The topological polar surface area (TPSA) is 9.86 Å². The number of para-hydroxylation sites is 2. The van der Waals surface area contributed by atoms with E-state index in [0.29, 0.717) is 27.6 Å². The quantitative estimate of drug-likeness (QED) is 0.167. The van der Waals surface area contributed by atoms with Crippen molar-refractivity contribution in [2.45, 2.75) is 33.1 Å². The largest absolute Gasteiger partial charge is 0.420 e. The Balaban J connectivity index is 1.63. The van der Waals surface area contributed by atoms with Crippen molar-refractivity contribution in [1.82, 2.24) is 9.13 Å². The Morgan fingerprint density at radius 2 is 0.918 bits per heavy atom. The van der Waals surface area contributed by atoms with E-state index in [1.54, 1.807) is 58.5 Å². The Kier molecular flexibility index (Phi) is 6.76. The molecule has 0 aliphatic rings. The van der Waals surface area contributed by atoms with Crippen LogP contribution in [0.25, 0.3) is 66.1 Å². The fraction of sp³-hybridized carbons (Fsp3) is 0.122. The Bertz CT molecular complexity index is 2480. The molecule has 2 aromatic heterocycles. The molecule has 6 aromatic carbocycles. The van der Waals surface area contributed by atoms with Crippen molar-refractivity contribution in [3.8, 4) is 22.5 Å². The maximum Gasteiger partial charge on any atom is 0.420 e. The highest BCUT2D eigenvalue weighted by Gasteiger charge is 2.41. The van der Waals surface area contributed by atoms with Crippen LogP contribution in [-0.2, 0) is 12.4 Å². The molecular formula is C41H28F6N2. The summed E-state index contributed by atoms with van der Waals surface area (Å²) in [6, 6.07) is 31.8. The van der Waals surface area contributed by atoms with Crippen LogP contribution in [0.4, 0.5) is 26.3 Å². The van der Waals surface area contributed by atoms with Gasteiger partial charge in [0.2, 0.25) is 0 Å². The second-order valence-corrected chi connectivity index (χ2v) is 12.6. The summed E-state index contributed by atoms with van der Waals surface area (Å²) in [5, 5.41) is 2.96. The lowest BCUT2D eigenvalue weighted by Gasteiger charge is -2.24. The second-order valence-electron chi connectivity index (χ2n) is 12.6. The van der Waals surface area contributed by atoms with Gasteiger partial charge in [-0.3, -0.25) is 0 Å². The number of hydrogen-bond donors (Lipinski definition) is 0. The predicted octanol–water partition coefficient (Wildman–Crippen LogP) is 12.5. The van der Waals surface area contributed by atoms with Gasteiger partial charge in [-0.05, 0) is 92.1 Å². The van der Waals surface area contributed by atoms with E-state index in [9.17, 15) is 13.2 Å². The van der Waals surface area contributed by atoms with E-state index in [-0.39, 0.29) is 22.5 Å². The molecule has 0 atom stereocenters. The Labute approximate surface area is 277 Å².